The molecule has 0 amide bonds. The highest BCUT2D eigenvalue weighted by Gasteiger charge is 2.28. The summed E-state index contributed by atoms with van der Waals surface area (Å²) in [6.45, 7) is 4.49. The molecule has 6 nitrogen and oxygen atoms in total. The number of piperazine rings is 1. The van der Waals surface area contributed by atoms with Crippen LogP contribution in [0, 0.1) is 5.82 Å². The van der Waals surface area contributed by atoms with Gasteiger partial charge in [0.2, 0.25) is 10.0 Å². The molecule has 0 aliphatic carbocycles. The van der Waals surface area contributed by atoms with Gasteiger partial charge in [-0.1, -0.05) is 6.42 Å². The van der Waals surface area contributed by atoms with E-state index in [0.29, 0.717) is 18.0 Å². The number of sulfonamides is 1. The third-order valence-electron chi connectivity index (χ3n) is 5.53. The van der Waals surface area contributed by atoms with E-state index in [1.54, 1.807) is 28.7 Å². The second-order valence-electron chi connectivity index (χ2n) is 7.32. The molecule has 1 N–H and O–H groups in total. The Morgan fingerprint density at radius 2 is 1.43 bits per heavy atom. The van der Waals surface area contributed by atoms with E-state index in [1.807, 2.05) is 6.07 Å². The lowest BCUT2D eigenvalue weighted by Gasteiger charge is -2.32. The first-order valence-electron chi connectivity index (χ1n) is 9.81. The van der Waals surface area contributed by atoms with Gasteiger partial charge in [0.15, 0.2) is 0 Å². The van der Waals surface area contributed by atoms with Gasteiger partial charge in [0.1, 0.15) is 30.0 Å². The number of aromatic amines is 1. The lowest BCUT2D eigenvalue weighted by atomic mass is 10.2. The Kier molecular flexibility index (Phi) is 5.50. The van der Waals surface area contributed by atoms with Crippen molar-refractivity contribution >= 4 is 21.5 Å². The summed E-state index contributed by atoms with van der Waals surface area (Å²) < 4.78 is 40.2. The summed E-state index contributed by atoms with van der Waals surface area (Å²) >= 11 is 0. The molecule has 0 saturated carbocycles. The first kappa shape index (κ1) is 19.1. The summed E-state index contributed by atoms with van der Waals surface area (Å²) in [6.07, 6.45) is 4.56. The van der Waals surface area contributed by atoms with E-state index < -0.39 is 10.0 Å². The average molecular weight is 406 g/mol. The Balaban J connectivity index is 1.40. The van der Waals surface area contributed by atoms with Crippen LogP contribution in [0.2, 0.25) is 0 Å². The highest BCUT2D eigenvalue weighted by atomic mass is 32.2. The maximum absolute atomic E-state index is 13.1. The van der Waals surface area contributed by atoms with Crippen LogP contribution < -0.4 is 14.8 Å². The average Bonchev–Trinajstić information content (AvgIpc) is 2.75. The quantitative estimate of drug-likeness (QED) is 0.782. The Morgan fingerprint density at radius 3 is 2.04 bits per heavy atom. The van der Waals surface area contributed by atoms with Crippen LogP contribution in [0.1, 0.15) is 19.3 Å². The first-order chi connectivity index (χ1) is 13.5. The molecule has 150 valence electrons. The number of nitrogens with one attached hydrogen (secondary N) is 1. The minimum Gasteiger partial charge on any atom is -0.364 e. The zero-order chi connectivity index (χ0) is 19.6. The van der Waals surface area contributed by atoms with Crippen molar-refractivity contribution in [2.75, 3.05) is 49.1 Å². The summed E-state index contributed by atoms with van der Waals surface area (Å²) in [5.41, 5.74) is 1.02. The number of benzene rings is 1. The molecule has 2 fully saturated rings. The van der Waals surface area contributed by atoms with E-state index in [1.165, 1.54) is 12.1 Å². The third kappa shape index (κ3) is 3.98. The Hall–Kier alpha value is -2.19. The molecule has 0 unspecified atom stereocenters. The van der Waals surface area contributed by atoms with Gasteiger partial charge in [-0.15, -0.1) is 0 Å². The maximum Gasteiger partial charge on any atom is 0.274 e. The number of hydrogen-bond donors (Lipinski definition) is 0. The van der Waals surface area contributed by atoms with Gasteiger partial charge < -0.3 is 4.90 Å². The van der Waals surface area contributed by atoms with Crippen molar-refractivity contribution in [1.82, 2.24) is 4.31 Å². The van der Waals surface area contributed by atoms with Gasteiger partial charge in [0.05, 0.1) is 13.1 Å². The monoisotopic (exact) mass is 405 g/mol. The Bertz CT molecular complexity index is 889. The molecule has 0 bridgehead atoms. The smallest absolute Gasteiger partial charge is 0.274 e. The van der Waals surface area contributed by atoms with Crippen LogP contribution in [0.15, 0.2) is 47.5 Å². The third-order valence-corrected chi connectivity index (χ3v) is 7.43. The zero-order valence-corrected chi connectivity index (χ0v) is 16.7. The fourth-order valence-corrected chi connectivity index (χ4v) is 5.36. The van der Waals surface area contributed by atoms with Gasteiger partial charge in [-0.05, 0) is 43.2 Å². The van der Waals surface area contributed by atoms with Crippen molar-refractivity contribution in [1.29, 1.82) is 0 Å². The summed E-state index contributed by atoms with van der Waals surface area (Å²) in [7, 11) is -3.41. The van der Waals surface area contributed by atoms with Gasteiger partial charge in [-0.2, -0.15) is 4.31 Å². The molecule has 4 rings (SSSR count). The van der Waals surface area contributed by atoms with Crippen LogP contribution in [0.5, 0.6) is 0 Å². The van der Waals surface area contributed by atoms with Crippen molar-refractivity contribution in [2.45, 2.75) is 24.2 Å². The van der Waals surface area contributed by atoms with Gasteiger partial charge in [-0.25, -0.2) is 17.8 Å². The van der Waals surface area contributed by atoms with Crippen LogP contribution >= 0.6 is 0 Å². The second kappa shape index (κ2) is 8.05. The lowest BCUT2D eigenvalue weighted by Crippen LogP contribution is -2.48. The van der Waals surface area contributed by atoms with Crippen LogP contribution in [-0.2, 0) is 10.0 Å². The second-order valence-corrected chi connectivity index (χ2v) is 9.26. The molecule has 1 aromatic heterocycles. The van der Waals surface area contributed by atoms with E-state index in [0.717, 1.165) is 56.9 Å². The van der Waals surface area contributed by atoms with Crippen molar-refractivity contribution in [3.8, 4) is 0 Å². The van der Waals surface area contributed by atoms with E-state index in [2.05, 4.69) is 14.8 Å². The van der Waals surface area contributed by atoms with Crippen LogP contribution in [0.3, 0.4) is 0 Å². The zero-order valence-electron chi connectivity index (χ0n) is 15.8. The molecular formula is C20H26FN4O2S+. The number of pyridine rings is 1. The van der Waals surface area contributed by atoms with Gasteiger partial charge in [0.25, 0.3) is 5.82 Å². The molecule has 2 aliphatic rings. The van der Waals surface area contributed by atoms with Crippen molar-refractivity contribution in [3.63, 3.8) is 0 Å². The molecule has 3 heterocycles. The molecule has 1 aromatic carbocycles. The van der Waals surface area contributed by atoms with Crippen LogP contribution in [-0.4, -0.2) is 52.0 Å². The number of anilines is 2. The minimum atomic E-state index is -3.41. The highest BCUT2D eigenvalue weighted by molar-refractivity contribution is 7.89. The maximum atomic E-state index is 13.1. The number of rotatable bonds is 4. The number of aromatic nitrogens is 1. The van der Waals surface area contributed by atoms with E-state index in [9.17, 15) is 12.8 Å². The van der Waals surface area contributed by atoms with Crippen LogP contribution in [0.25, 0.3) is 0 Å². The topological polar surface area (TPSA) is 58.0 Å². The molecule has 0 atom stereocenters. The predicted octanol–water partition coefficient (Wildman–Crippen LogP) is 2.14. The normalized spacial score (nSPS) is 19.0. The first-order valence-corrected chi connectivity index (χ1v) is 11.3. The molecule has 8 heteroatoms. The minimum absolute atomic E-state index is 0.225. The lowest BCUT2D eigenvalue weighted by molar-refractivity contribution is -0.367. The number of piperidine rings is 1. The molecular weight excluding hydrogens is 379 g/mol. The Labute approximate surface area is 165 Å². The van der Waals surface area contributed by atoms with E-state index in [-0.39, 0.29) is 5.82 Å². The summed E-state index contributed by atoms with van der Waals surface area (Å²) in [6, 6.07) is 10.1. The molecule has 0 radical (unpaired) electrons. The van der Waals surface area contributed by atoms with Crippen molar-refractivity contribution < 1.29 is 17.8 Å². The standard InChI is InChI=1S/C20H25FN4O2S/c21-17-4-6-18(7-5-17)23-12-14-24(15-13-23)20-9-8-19(16-22-20)28(26,27)25-10-2-1-3-11-25/h4-9,16H,1-3,10-15H2/p+1. The Morgan fingerprint density at radius 1 is 0.786 bits per heavy atom. The fourth-order valence-electron chi connectivity index (χ4n) is 3.87. The van der Waals surface area contributed by atoms with Gasteiger partial charge in [-0.3, -0.25) is 4.90 Å². The molecule has 2 saturated heterocycles. The number of H-pyrrole nitrogens is 1. The van der Waals surface area contributed by atoms with E-state index >= 15 is 0 Å². The molecule has 2 aromatic rings. The van der Waals surface area contributed by atoms with Crippen molar-refractivity contribution in [3.05, 3.63) is 48.4 Å². The SMILES string of the molecule is O=S(=O)(c1ccc(N2CCN(c3ccc(F)cc3)CC2)[nH+]c1)N1CCCCC1. The summed E-state index contributed by atoms with van der Waals surface area (Å²) in [5.74, 6) is 0.688. The summed E-state index contributed by atoms with van der Waals surface area (Å²) in [5, 5.41) is 0. The van der Waals surface area contributed by atoms with Gasteiger partial charge in [0, 0.05) is 24.8 Å². The van der Waals surface area contributed by atoms with Crippen molar-refractivity contribution in [2.24, 2.45) is 0 Å². The van der Waals surface area contributed by atoms with E-state index in [4.69, 9.17) is 0 Å². The fraction of sp³-hybridized carbons (Fsp3) is 0.450. The largest absolute Gasteiger partial charge is 0.364 e. The molecule has 0 spiro atoms. The molecule has 28 heavy (non-hydrogen) atoms. The highest BCUT2D eigenvalue weighted by Crippen LogP contribution is 2.22. The van der Waals surface area contributed by atoms with Gasteiger partial charge >= 0.3 is 0 Å². The predicted molar refractivity (Wildman–Crippen MR) is 106 cm³/mol. The molecule has 2 aliphatic heterocycles. The number of hydrogen-bond acceptors (Lipinski definition) is 4. The number of halogens is 1. The van der Waals surface area contributed by atoms with Crippen LogP contribution in [0.4, 0.5) is 15.9 Å². The summed E-state index contributed by atoms with van der Waals surface area (Å²) in [4.78, 5) is 7.92. The number of nitrogens with zero attached hydrogens (tertiary/aromatic N) is 3.